The average Bonchev–Trinajstić information content (AvgIpc) is 3.33. The first kappa shape index (κ1) is 23.9. The van der Waals surface area contributed by atoms with Crippen LogP contribution in [-0.4, -0.2) is 37.7 Å². The first-order chi connectivity index (χ1) is 17.4. The summed E-state index contributed by atoms with van der Waals surface area (Å²) in [6.07, 6.45) is 3.33. The highest BCUT2D eigenvalue weighted by Gasteiger charge is 2.33. The molecule has 1 aliphatic rings. The number of carbonyl (C=O) groups excluding carboxylic acids is 1. The van der Waals surface area contributed by atoms with E-state index in [0.717, 1.165) is 33.5 Å². The van der Waals surface area contributed by atoms with E-state index in [-0.39, 0.29) is 24.8 Å². The number of halogens is 2. The number of nitrogens with zero attached hydrogens (tertiary/aromatic N) is 4. The lowest BCUT2D eigenvalue weighted by molar-refractivity contribution is -0.141. The Labute approximate surface area is 217 Å². The fourth-order valence-corrected chi connectivity index (χ4v) is 4.77. The summed E-state index contributed by atoms with van der Waals surface area (Å²) >= 11 is 12.4. The van der Waals surface area contributed by atoms with E-state index in [1.165, 1.54) is 5.01 Å². The number of amides is 1. The van der Waals surface area contributed by atoms with Crippen LogP contribution in [-0.2, 0) is 9.59 Å². The van der Waals surface area contributed by atoms with Crippen molar-refractivity contribution in [3.8, 4) is 11.1 Å². The van der Waals surface area contributed by atoms with Gasteiger partial charge in [-0.2, -0.15) is 5.10 Å². The molecule has 1 aliphatic heterocycles. The van der Waals surface area contributed by atoms with Crippen LogP contribution in [0.5, 0.6) is 0 Å². The summed E-state index contributed by atoms with van der Waals surface area (Å²) in [4.78, 5) is 32.7. The van der Waals surface area contributed by atoms with E-state index < -0.39 is 5.97 Å². The first-order valence-electron chi connectivity index (χ1n) is 11.3. The van der Waals surface area contributed by atoms with Crippen molar-refractivity contribution in [1.82, 2.24) is 15.0 Å². The second-order valence-corrected chi connectivity index (χ2v) is 9.25. The number of carbonyl (C=O) groups is 2. The SMILES string of the molecule is O=C(O)CCC(=O)N1N=C(c2ccc(-c3ccc(Cl)cc3Cl)cc2)CC1c1ccc2nccnc2c1. The first-order valence-corrected chi connectivity index (χ1v) is 12.0. The molecule has 180 valence electrons. The highest BCUT2D eigenvalue weighted by molar-refractivity contribution is 6.36. The molecule has 0 saturated carbocycles. The Morgan fingerprint density at radius 3 is 2.33 bits per heavy atom. The van der Waals surface area contributed by atoms with Crippen LogP contribution in [0.3, 0.4) is 0 Å². The molecule has 0 aliphatic carbocycles. The van der Waals surface area contributed by atoms with Gasteiger partial charge in [0.1, 0.15) is 0 Å². The van der Waals surface area contributed by atoms with Gasteiger partial charge in [-0.05, 0) is 41.0 Å². The van der Waals surface area contributed by atoms with E-state index in [9.17, 15) is 9.59 Å². The number of carboxylic acids is 1. The Morgan fingerprint density at radius 2 is 1.61 bits per heavy atom. The molecule has 0 bridgehead atoms. The lowest BCUT2D eigenvalue weighted by Gasteiger charge is -2.22. The maximum absolute atomic E-state index is 13.0. The summed E-state index contributed by atoms with van der Waals surface area (Å²) < 4.78 is 0. The molecule has 7 nitrogen and oxygen atoms in total. The van der Waals surface area contributed by atoms with E-state index in [1.54, 1.807) is 24.5 Å². The summed E-state index contributed by atoms with van der Waals surface area (Å²) in [5.41, 5.74) is 5.71. The molecular weight excluding hydrogens is 499 g/mol. The minimum absolute atomic E-state index is 0.135. The minimum Gasteiger partial charge on any atom is -0.481 e. The van der Waals surface area contributed by atoms with Crippen LogP contribution in [0.4, 0.5) is 0 Å². The van der Waals surface area contributed by atoms with Crippen LogP contribution >= 0.6 is 23.2 Å². The number of hydrogen-bond donors (Lipinski definition) is 1. The van der Waals surface area contributed by atoms with Crippen molar-refractivity contribution in [1.29, 1.82) is 0 Å². The van der Waals surface area contributed by atoms with Gasteiger partial charge >= 0.3 is 5.97 Å². The van der Waals surface area contributed by atoms with Gasteiger partial charge in [0.05, 0.1) is 29.2 Å². The van der Waals surface area contributed by atoms with Gasteiger partial charge in [-0.25, -0.2) is 5.01 Å². The number of benzene rings is 3. The Morgan fingerprint density at radius 1 is 0.889 bits per heavy atom. The minimum atomic E-state index is -1.03. The predicted octanol–water partition coefficient (Wildman–Crippen LogP) is 6.15. The van der Waals surface area contributed by atoms with E-state index in [1.807, 2.05) is 48.5 Å². The summed E-state index contributed by atoms with van der Waals surface area (Å²) in [5, 5.41) is 16.2. The van der Waals surface area contributed by atoms with E-state index in [4.69, 9.17) is 28.3 Å². The topological polar surface area (TPSA) is 95.8 Å². The Hall–Kier alpha value is -3.81. The molecular formula is C27H20Cl2N4O3. The van der Waals surface area contributed by atoms with E-state index >= 15 is 0 Å². The van der Waals surface area contributed by atoms with Crippen LogP contribution in [0.25, 0.3) is 22.2 Å². The molecule has 0 fully saturated rings. The highest BCUT2D eigenvalue weighted by atomic mass is 35.5. The van der Waals surface area contributed by atoms with E-state index in [2.05, 4.69) is 15.1 Å². The van der Waals surface area contributed by atoms with Crippen molar-refractivity contribution in [2.24, 2.45) is 5.10 Å². The number of hydrogen-bond acceptors (Lipinski definition) is 5. The molecule has 5 rings (SSSR count). The zero-order valence-corrected chi connectivity index (χ0v) is 20.4. The molecule has 3 aromatic carbocycles. The third kappa shape index (κ3) is 4.94. The lowest BCUT2D eigenvalue weighted by Crippen LogP contribution is -2.27. The molecule has 2 heterocycles. The van der Waals surface area contributed by atoms with Crippen LogP contribution in [0.1, 0.15) is 36.4 Å². The summed E-state index contributed by atoms with van der Waals surface area (Å²) in [6.45, 7) is 0. The summed E-state index contributed by atoms with van der Waals surface area (Å²) in [6, 6.07) is 18.4. The van der Waals surface area contributed by atoms with Gasteiger partial charge in [-0.1, -0.05) is 59.6 Å². The molecule has 1 N–H and O–H groups in total. The standard InChI is InChI=1S/C27H20Cl2N4O3/c28-19-6-7-20(21(29)14-19)16-1-3-17(4-2-16)23-15-25(33(32-23)26(34)9-10-27(35)36)18-5-8-22-24(13-18)31-12-11-30-22/h1-8,11-14,25H,9-10,15H2,(H,35,36). The van der Waals surface area contributed by atoms with Gasteiger partial charge in [-0.15, -0.1) is 0 Å². The summed E-state index contributed by atoms with van der Waals surface area (Å²) in [7, 11) is 0. The van der Waals surface area contributed by atoms with Crippen molar-refractivity contribution in [3.63, 3.8) is 0 Å². The second-order valence-electron chi connectivity index (χ2n) is 8.40. The van der Waals surface area contributed by atoms with Crippen LogP contribution in [0, 0.1) is 0 Å². The normalized spacial score (nSPS) is 15.2. The number of hydrazone groups is 1. The van der Waals surface area contributed by atoms with Crippen molar-refractivity contribution in [3.05, 3.63) is 94.2 Å². The maximum Gasteiger partial charge on any atom is 0.303 e. The van der Waals surface area contributed by atoms with Crippen LogP contribution in [0.15, 0.2) is 78.2 Å². The Bertz CT molecular complexity index is 1500. The Balaban J connectivity index is 1.46. The second kappa shape index (κ2) is 10.0. The molecule has 1 aromatic heterocycles. The number of aromatic nitrogens is 2. The summed E-state index contributed by atoms with van der Waals surface area (Å²) in [5.74, 6) is -1.37. The van der Waals surface area contributed by atoms with Crippen LogP contribution in [0.2, 0.25) is 10.0 Å². The molecule has 9 heteroatoms. The molecule has 1 atom stereocenters. The van der Waals surface area contributed by atoms with Crippen molar-refractivity contribution >= 4 is 51.8 Å². The fraction of sp³-hybridized carbons (Fsp3) is 0.148. The van der Waals surface area contributed by atoms with Gasteiger partial charge in [0.15, 0.2) is 0 Å². The quantitative estimate of drug-likeness (QED) is 0.330. The van der Waals surface area contributed by atoms with Gasteiger partial charge in [0.25, 0.3) is 0 Å². The molecule has 36 heavy (non-hydrogen) atoms. The number of rotatable bonds is 6. The molecule has 1 amide bonds. The lowest BCUT2D eigenvalue weighted by atomic mass is 9.96. The molecule has 0 radical (unpaired) electrons. The monoisotopic (exact) mass is 518 g/mol. The molecule has 0 spiro atoms. The molecule has 4 aromatic rings. The third-order valence-corrected chi connectivity index (χ3v) is 6.60. The van der Waals surface area contributed by atoms with Crippen LogP contribution < -0.4 is 0 Å². The van der Waals surface area contributed by atoms with Crippen molar-refractivity contribution in [2.45, 2.75) is 25.3 Å². The van der Waals surface area contributed by atoms with Gasteiger partial charge < -0.3 is 5.11 Å². The number of aliphatic carboxylic acids is 1. The van der Waals surface area contributed by atoms with Gasteiger partial charge in [-0.3, -0.25) is 19.6 Å². The van der Waals surface area contributed by atoms with Crippen molar-refractivity contribution in [2.75, 3.05) is 0 Å². The average molecular weight is 519 g/mol. The fourth-order valence-electron chi connectivity index (χ4n) is 4.26. The van der Waals surface area contributed by atoms with E-state index in [0.29, 0.717) is 22.0 Å². The molecule has 0 saturated heterocycles. The zero-order chi connectivity index (χ0) is 25.2. The molecule has 1 unspecified atom stereocenters. The highest BCUT2D eigenvalue weighted by Crippen LogP contribution is 2.35. The van der Waals surface area contributed by atoms with Crippen molar-refractivity contribution < 1.29 is 14.7 Å². The predicted molar refractivity (Wildman–Crippen MR) is 139 cm³/mol. The van der Waals surface area contributed by atoms with Gasteiger partial charge in [0.2, 0.25) is 5.91 Å². The number of fused-ring (bicyclic) bond motifs is 1. The maximum atomic E-state index is 13.0. The Kier molecular flexibility index (Phi) is 6.67. The third-order valence-electron chi connectivity index (χ3n) is 6.06. The largest absolute Gasteiger partial charge is 0.481 e. The zero-order valence-electron chi connectivity index (χ0n) is 18.9. The smallest absolute Gasteiger partial charge is 0.303 e. The number of carboxylic acid groups (broad SMARTS) is 1. The van der Waals surface area contributed by atoms with Gasteiger partial charge in [0, 0.05) is 40.8 Å².